The van der Waals surface area contributed by atoms with Gasteiger partial charge in [-0.25, -0.2) is 0 Å². The molecule has 3 rings (SSSR count). The summed E-state index contributed by atoms with van der Waals surface area (Å²) in [5.74, 6) is 2.48. The molecule has 0 aliphatic carbocycles. The summed E-state index contributed by atoms with van der Waals surface area (Å²) in [7, 11) is 1.65. The molecule has 0 radical (unpaired) electrons. The van der Waals surface area contributed by atoms with Crippen molar-refractivity contribution in [3.63, 3.8) is 0 Å². The van der Waals surface area contributed by atoms with Crippen molar-refractivity contribution in [3.8, 4) is 17.2 Å². The molecule has 156 valence electrons. The number of halogens is 1. The van der Waals surface area contributed by atoms with Gasteiger partial charge in [0.2, 0.25) is 5.16 Å². The van der Waals surface area contributed by atoms with E-state index in [1.54, 1.807) is 23.6 Å². The normalized spacial score (nSPS) is 10.4. The van der Waals surface area contributed by atoms with Crippen LogP contribution < -0.4 is 14.8 Å². The average molecular weight is 436 g/mol. The number of para-hydroxylation sites is 1. The first-order chi connectivity index (χ1) is 13.8. The summed E-state index contributed by atoms with van der Waals surface area (Å²) in [6.45, 7) is 4.29. The molecule has 2 aromatic carbocycles. The number of tetrazole rings is 1. The van der Waals surface area contributed by atoms with Crippen molar-refractivity contribution in [2.45, 2.75) is 25.0 Å². The van der Waals surface area contributed by atoms with Crippen molar-refractivity contribution in [1.82, 2.24) is 25.5 Å². The second-order valence-corrected chi connectivity index (χ2v) is 7.07. The molecule has 3 aromatic rings. The number of hydrogen-bond acceptors (Lipinski definition) is 7. The van der Waals surface area contributed by atoms with Crippen molar-refractivity contribution in [2.75, 3.05) is 26.0 Å². The second-order valence-electron chi connectivity index (χ2n) is 6.01. The van der Waals surface area contributed by atoms with E-state index in [4.69, 9.17) is 9.47 Å². The Bertz CT molecular complexity index is 863. The third-order valence-electron chi connectivity index (χ3n) is 4.03. The van der Waals surface area contributed by atoms with E-state index in [2.05, 4.69) is 26.9 Å². The smallest absolute Gasteiger partial charge is 0.214 e. The minimum absolute atomic E-state index is 0. The molecule has 0 atom stereocenters. The highest BCUT2D eigenvalue weighted by atomic mass is 35.5. The monoisotopic (exact) mass is 435 g/mol. The Morgan fingerprint density at radius 3 is 2.69 bits per heavy atom. The third-order valence-corrected chi connectivity index (χ3v) is 5.03. The van der Waals surface area contributed by atoms with Crippen molar-refractivity contribution >= 4 is 24.2 Å². The number of rotatable bonds is 11. The number of ether oxygens (including phenoxy) is 2. The van der Waals surface area contributed by atoms with E-state index >= 15 is 0 Å². The zero-order valence-electron chi connectivity index (χ0n) is 16.6. The van der Waals surface area contributed by atoms with Gasteiger partial charge in [0.15, 0.2) is 11.5 Å². The van der Waals surface area contributed by atoms with E-state index in [0.717, 1.165) is 47.6 Å². The molecule has 0 aliphatic rings. The van der Waals surface area contributed by atoms with Gasteiger partial charge in [-0.2, -0.15) is 4.68 Å². The van der Waals surface area contributed by atoms with Gasteiger partial charge in [-0.1, -0.05) is 36.0 Å². The van der Waals surface area contributed by atoms with Gasteiger partial charge in [0.05, 0.1) is 19.4 Å². The van der Waals surface area contributed by atoms with Crippen LogP contribution in [0.5, 0.6) is 11.5 Å². The lowest BCUT2D eigenvalue weighted by Gasteiger charge is -2.11. The predicted molar refractivity (Wildman–Crippen MR) is 118 cm³/mol. The Hall–Kier alpha value is -2.29. The predicted octanol–water partition coefficient (Wildman–Crippen LogP) is 3.76. The summed E-state index contributed by atoms with van der Waals surface area (Å²) in [4.78, 5) is 0. The fourth-order valence-corrected chi connectivity index (χ4v) is 3.52. The third kappa shape index (κ3) is 6.62. The topological polar surface area (TPSA) is 74.1 Å². The molecule has 0 saturated heterocycles. The van der Waals surface area contributed by atoms with Crippen LogP contribution in [0.3, 0.4) is 0 Å². The zero-order valence-corrected chi connectivity index (χ0v) is 18.2. The van der Waals surface area contributed by atoms with E-state index in [-0.39, 0.29) is 12.4 Å². The van der Waals surface area contributed by atoms with Crippen molar-refractivity contribution < 1.29 is 9.47 Å². The first-order valence-electron chi connectivity index (χ1n) is 9.29. The van der Waals surface area contributed by atoms with Crippen LogP contribution in [-0.2, 0) is 6.54 Å². The summed E-state index contributed by atoms with van der Waals surface area (Å²) < 4.78 is 12.7. The van der Waals surface area contributed by atoms with Crippen LogP contribution in [0.25, 0.3) is 5.69 Å². The molecule has 9 heteroatoms. The maximum absolute atomic E-state index is 5.63. The Morgan fingerprint density at radius 2 is 1.93 bits per heavy atom. The lowest BCUT2D eigenvalue weighted by atomic mass is 10.2. The van der Waals surface area contributed by atoms with E-state index in [1.807, 2.05) is 49.4 Å². The standard InChI is InChI=1S/C20H25N5O2S.ClH/c1-3-27-19-14-16(10-11-18(19)26-2)15-21-12-7-13-28-20-22-23-24-25(20)17-8-5-4-6-9-17;/h4-6,8-11,14,21H,3,7,12-13,15H2,1-2H3;1H. The van der Waals surface area contributed by atoms with Gasteiger partial charge in [-0.05, 0) is 60.1 Å². The van der Waals surface area contributed by atoms with E-state index < -0.39 is 0 Å². The molecule has 0 amide bonds. The Labute approximate surface area is 181 Å². The maximum Gasteiger partial charge on any atom is 0.214 e. The molecule has 0 unspecified atom stereocenters. The summed E-state index contributed by atoms with van der Waals surface area (Å²) in [5, 5.41) is 16.3. The molecule has 0 aliphatic heterocycles. The molecule has 1 heterocycles. The Kier molecular flexibility index (Phi) is 9.76. The second kappa shape index (κ2) is 12.3. The van der Waals surface area contributed by atoms with Gasteiger partial charge in [0.25, 0.3) is 0 Å². The summed E-state index contributed by atoms with van der Waals surface area (Å²) in [6, 6.07) is 15.9. The van der Waals surface area contributed by atoms with Gasteiger partial charge in [0, 0.05) is 12.3 Å². The van der Waals surface area contributed by atoms with E-state index in [9.17, 15) is 0 Å². The summed E-state index contributed by atoms with van der Waals surface area (Å²) >= 11 is 1.66. The maximum atomic E-state index is 5.63. The quantitative estimate of drug-likeness (QED) is 0.363. The summed E-state index contributed by atoms with van der Waals surface area (Å²) in [6.07, 6.45) is 1.01. The van der Waals surface area contributed by atoms with E-state index in [0.29, 0.717) is 6.61 Å². The molecular weight excluding hydrogens is 410 g/mol. The van der Waals surface area contributed by atoms with E-state index in [1.165, 1.54) is 5.56 Å². The Morgan fingerprint density at radius 1 is 1.10 bits per heavy atom. The first kappa shape index (κ1) is 23.0. The van der Waals surface area contributed by atoms with Crippen LogP contribution in [0.1, 0.15) is 18.9 Å². The lowest BCUT2D eigenvalue weighted by molar-refractivity contribution is 0.310. The molecular formula is C20H26ClN5O2S. The van der Waals surface area contributed by atoms with Crippen LogP contribution in [0, 0.1) is 0 Å². The fraction of sp³-hybridized carbons (Fsp3) is 0.350. The number of methoxy groups -OCH3 is 1. The number of benzene rings is 2. The minimum Gasteiger partial charge on any atom is -0.493 e. The van der Waals surface area contributed by atoms with Crippen LogP contribution in [0.4, 0.5) is 0 Å². The number of hydrogen-bond donors (Lipinski definition) is 1. The highest BCUT2D eigenvalue weighted by Crippen LogP contribution is 2.28. The minimum atomic E-state index is 0. The van der Waals surface area contributed by atoms with Gasteiger partial charge in [-0.3, -0.25) is 0 Å². The SMILES string of the molecule is CCOc1cc(CNCCCSc2nnnn2-c2ccccc2)ccc1OC.Cl. The number of thioether (sulfide) groups is 1. The molecule has 0 bridgehead atoms. The molecule has 0 spiro atoms. The molecule has 1 aromatic heterocycles. The largest absolute Gasteiger partial charge is 0.493 e. The highest BCUT2D eigenvalue weighted by molar-refractivity contribution is 7.99. The molecule has 1 N–H and O–H groups in total. The van der Waals surface area contributed by atoms with Crippen molar-refractivity contribution in [2.24, 2.45) is 0 Å². The average Bonchev–Trinajstić information content (AvgIpc) is 3.20. The fourth-order valence-electron chi connectivity index (χ4n) is 2.69. The van der Waals surface area contributed by atoms with Crippen LogP contribution in [-0.4, -0.2) is 46.2 Å². The van der Waals surface area contributed by atoms with Gasteiger partial charge < -0.3 is 14.8 Å². The number of nitrogens with zero attached hydrogens (tertiary/aromatic N) is 4. The first-order valence-corrected chi connectivity index (χ1v) is 10.3. The van der Waals surface area contributed by atoms with Crippen LogP contribution in [0.2, 0.25) is 0 Å². The van der Waals surface area contributed by atoms with Crippen molar-refractivity contribution in [1.29, 1.82) is 0 Å². The molecule has 0 fully saturated rings. The van der Waals surface area contributed by atoms with Gasteiger partial charge in [0.1, 0.15) is 0 Å². The number of nitrogens with one attached hydrogen (secondary N) is 1. The summed E-state index contributed by atoms with van der Waals surface area (Å²) in [5.41, 5.74) is 2.14. The number of aromatic nitrogens is 4. The van der Waals surface area contributed by atoms with Crippen molar-refractivity contribution in [3.05, 3.63) is 54.1 Å². The molecule has 7 nitrogen and oxygen atoms in total. The van der Waals surface area contributed by atoms with Gasteiger partial charge >= 0.3 is 0 Å². The molecule has 0 saturated carbocycles. The van der Waals surface area contributed by atoms with Crippen LogP contribution in [0.15, 0.2) is 53.7 Å². The molecule has 29 heavy (non-hydrogen) atoms. The van der Waals surface area contributed by atoms with Gasteiger partial charge in [-0.15, -0.1) is 17.5 Å². The zero-order chi connectivity index (χ0) is 19.6. The Balaban J connectivity index is 0.00000300. The lowest BCUT2D eigenvalue weighted by Crippen LogP contribution is -2.15. The van der Waals surface area contributed by atoms with Crippen LogP contribution >= 0.6 is 24.2 Å². The highest BCUT2D eigenvalue weighted by Gasteiger charge is 2.08.